The number of anilines is 1. The first-order chi connectivity index (χ1) is 8.90. The molecule has 3 nitrogen and oxygen atoms in total. The zero-order valence-electron chi connectivity index (χ0n) is 10.0. The minimum atomic E-state index is -3.63. The summed E-state index contributed by atoms with van der Waals surface area (Å²) in [6, 6.07) is 11.8. The van der Waals surface area contributed by atoms with Gasteiger partial charge in [0, 0.05) is 4.47 Å². The molecular weight excluding hydrogens is 350 g/mol. The van der Waals surface area contributed by atoms with E-state index in [1.165, 1.54) is 0 Å². The van der Waals surface area contributed by atoms with Crippen LogP contribution in [0.2, 0.25) is 5.02 Å². The van der Waals surface area contributed by atoms with Gasteiger partial charge in [-0.3, -0.25) is 4.72 Å². The SMILES string of the molecule is Cc1ccccc1S(=O)(=O)Nc1ccc(Br)cc1Cl. The van der Waals surface area contributed by atoms with Crippen LogP contribution in [0.15, 0.2) is 51.8 Å². The summed E-state index contributed by atoms with van der Waals surface area (Å²) in [7, 11) is -3.63. The molecule has 0 aliphatic rings. The molecule has 0 heterocycles. The standard InChI is InChI=1S/C13H11BrClNO2S/c1-9-4-2-3-5-13(9)19(17,18)16-12-7-6-10(14)8-11(12)15/h2-8,16H,1H3. The van der Waals surface area contributed by atoms with Gasteiger partial charge in [0.25, 0.3) is 10.0 Å². The monoisotopic (exact) mass is 359 g/mol. The summed E-state index contributed by atoms with van der Waals surface area (Å²) in [5, 5.41) is 0.339. The number of sulfonamides is 1. The van der Waals surface area contributed by atoms with Crippen LogP contribution in [0.1, 0.15) is 5.56 Å². The van der Waals surface area contributed by atoms with Crippen LogP contribution in [-0.4, -0.2) is 8.42 Å². The van der Waals surface area contributed by atoms with Crippen molar-refractivity contribution in [2.75, 3.05) is 4.72 Å². The van der Waals surface area contributed by atoms with Crippen molar-refractivity contribution in [2.24, 2.45) is 0 Å². The molecular formula is C13H11BrClNO2S. The van der Waals surface area contributed by atoms with Crippen LogP contribution in [-0.2, 0) is 10.0 Å². The van der Waals surface area contributed by atoms with Gasteiger partial charge in [0.2, 0.25) is 0 Å². The molecule has 0 bridgehead atoms. The third-order valence-electron chi connectivity index (χ3n) is 2.56. The molecule has 6 heteroatoms. The summed E-state index contributed by atoms with van der Waals surface area (Å²) in [6.45, 7) is 1.75. The zero-order valence-corrected chi connectivity index (χ0v) is 13.2. The molecule has 0 aliphatic heterocycles. The van der Waals surface area contributed by atoms with Gasteiger partial charge in [-0.15, -0.1) is 0 Å². The molecule has 0 amide bonds. The van der Waals surface area contributed by atoms with Crippen molar-refractivity contribution in [3.63, 3.8) is 0 Å². The molecule has 0 saturated heterocycles. The van der Waals surface area contributed by atoms with Gasteiger partial charge in [-0.2, -0.15) is 0 Å². The maximum atomic E-state index is 12.3. The predicted molar refractivity (Wildman–Crippen MR) is 81.1 cm³/mol. The van der Waals surface area contributed by atoms with E-state index in [2.05, 4.69) is 20.7 Å². The second-order valence-electron chi connectivity index (χ2n) is 4.00. The van der Waals surface area contributed by atoms with Crippen molar-refractivity contribution in [1.82, 2.24) is 0 Å². The Morgan fingerprint density at radius 1 is 1.16 bits per heavy atom. The maximum absolute atomic E-state index is 12.3. The van der Waals surface area contributed by atoms with Crippen LogP contribution in [0, 0.1) is 6.92 Å². The topological polar surface area (TPSA) is 46.2 Å². The highest BCUT2D eigenvalue weighted by molar-refractivity contribution is 9.10. The van der Waals surface area contributed by atoms with Crippen LogP contribution in [0.3, 0.4) is 0 Å². The lowest BCUT2D eigenvalue weighted by Gasteiger charge is -2.11. The summed E-state index contributed by atoms with van der Waals surface area (Å²) >= 11 is 9.28. The summed E-state index contributed by atoms with van der Waals surface area (Å²) in [4.78, 5) is 0.244. The molecule has 0 spiro atoms. The van der Waals surface area contributed by atoms with E-state index in [1.54, 1.807) is 49.4 Å². The van der Waals surface area contributed by atoms with E-state index in [-0.39, 0.29) is 4.90 Å². The van der Waals surface area contributed by atoms with Crippen molar-refractivity contribution >= 4 is 43.2 Å². The van der Waals surface area contributed by atoms with E-state index in [9.17, 15) is 8.42 Å². The Morgan fingerprint density at radius 2 is 1.84 bits per heavy atom. The molecule has 0 radical (unpaired) electrons. The lowest BCUT2D eigenvalue weighted by molar-refractivity contribution is 0.600. The third-order valence-corrected chi connectivity index (χ3v) is 4.89. The predicted octanol–water partition coefficient (Wildman–Crippen LogP) is 4.21. The molecule has 0 aliphatic carbocycles. The molecule has 100 valence electrons. The lowest BCUT2D eigenvalue weighted by Crippen LogP contribution is -2.14. The van der Waals surface area contributed by atoms with E-state index < -0.39 is 10.0 Å². The highest BCUT2D eigenvalue weighted by atomic mass is 79.9. The smallest absolute Gasteiger partial charge is 0.262 e. The minimum Gasteiger partial charge on any atom is -0.278 e. The molecule has 19 heavy (non-hydrogen) atoms. The molecule has 0 unspecified atom stereocenters. The summed E-state index contributed by atoms with van der Waals surface area (Å²) in [6.07, 6.45) is 0. The Kier molecular flexibility index (Phi) is 4.18. The first kappa shape index (κ1) is 14.4. The van der Waals surface area contributed by atoms with E-state index in [0.717, 1.165) is 4.47 Å². The minimum absolute atomic E-state index is 0.244. The molecule has 2 rings (SSSR count). The van der Waals surface area contributed by atoms with Crippen molar-refractivity contribution in [3.8, 4) is 0 Å². The highest BCUT2D eigenvalue weighted by Crippen LogP contribution is 2.28. The van der Waals surface area contributed by atoms with Gasteiger partial charge in [0.05, 0.1) is 15.6 Å². The fourth-order valence-electron chi connectivity index (χ4n) is 1.63. The molecule has 0 atom stereocenters. The summed E-state index contributed by atoms with van der Waals surface area (Å²) in [5.74, 6) is 0. The van der Waals surface area contributed by atoms with Crippen molar-refractivity contribution in [3.05, 3.63) is 57.5 Å². The summed E-state index contributed by atoms with van der Waals surface area (Å²) in [5.41, 5.74) is 1.04. The number of hydrogen-bond acceptors (Lipinski definition) is 2. The lowest BCUT2D eigenvalue weighted by atomic mass is 10.2. The van der Waals surface area contributed by atoms with Crippen molar-refractivity contribution < 1.29 is 8.42 Å². The number of nitrogens with one attached hydrogen (secondary N) is 1. The Balaban J connectivity index is 2.40. The van der Waals surface area contributed by atoms with E-state index in [0.29, 0.717) is 16.3 Å². The second-order valence-corrected chi connectivity index (χ2v) is 6.97. The van der Waals surface area contributed by atoms with Gasteiger partial charge in [-0.05, 0) is 36.8 Å². The van der Waals surface area contributed by atoms with Crippen LogP contribution >= 0.6 is 27.5 Å². The van der Waals surface area contributed by atoms with Crippen molar-refractivity contribution in [1.29, 1.82) is 0 Å². The van der Waals surface area contributed by atoms with Gasteiger partial charge in [-0.1, -0.05) is 45.7 Å². The molecule has 0 saturated carbocycles. The van der Waals surface area contributed by atoms with Crippen LogP contribution in [0.4, 0.5) is 5.69 Å². The molecule has 1 N–H and O–H groups in total. The molecule has 2 aromatic rings. The Hall–Kier alpha value is -1.04. The average molecular weight is 361 g/mol. The van der Waals surface area contributed by atoms with E-state index in [1.807, 2.05) is 0 Å². The van der Waals surface area contributed by atoms with E-state index >= 15 is 0 Å². The highest BCUT2D eigenvalue weighted by Gasteiger charge is 2.17. The number of hydrogen-bond donors (Lipinski definition) is 1. The Morgan fingerprint density at radius 3 is 2.47 bits per heavy atom. The first-order valence-corrected chi connectivity index (χ1v) is 8.09. The number of benzene rings is 2. The van der Waals surface area contributed by atoms with Gasteiger partial charge in [0.1, 0.15) is 0 Å². The number of rotatable bonds is 3. The second kappa shape index (κ2) is 5.53. The summed E-state index contributed by atoms with van der Waals surface area (Å²) < 4.78 is 27.8. The third kappa shape index (κ3) is 3.29. The van der Waals surface area contributed by atoms with Gasteiger partial charge in [0.15, 0.2) is 0 Å². The molecule has 2 aromatic carbocycles. The number of halogens is 2. The Labute approximate surface area is 125 Å². The van der Waals surface area contributed by atoms with E-state index in [4.69, 9.17) is 11.6 Å². The maximum Gasteiger partial charge on any atom is 0.262 e. The molecule has 0 fully saturated rings. The van der Waals surface area contributed by atoms with Gasteiger partial charge >= 0.3 is 0 Å². The van der Waals surface area contributed by atoms with Crippen LogP contribution in [0.25, 0.3) is 0 Å². The molecule has 0 aromatic heterocycles. The normalized spacial score (nSPS) is 11.3. The first-order valence-electron chi connectivity index (χ1n) is 5.43. The quantitative estimate of drug-likeness (QED) is 0.891. The largest absolute Gasteiger partial charge is 0.278 e. The number of aryl methyl sites for hydroxylation is 1. The fourth-order valence-corrected chi connectivity index (χ4v) is 3.73. The van der Waals surface area contributed by atoms with Crippen LogP contribution in [0.5, 0.6) is 0 Å². The Bertz CT molecular complexity index is 716. The zero-order chi connectivity index (χ0) is 14.0. The average Bonchev–Trinajstić information content (AvgIpc) is 2.33. The fraction of sp³-hybridized carbons (Fsp3) is 0.0769. The van der Waals surface area contributed by atoms with Crippen molar-refractivity contribution in [2.45, 2.75) is 11.8 Å². The van der Waals surface area contributed by atoms with Crippen LogP contribution < -0.4 is 4.72 Å². The van der Waals surface area contributed by atoms with Gasteiger partial charge in [-0.25, -0.2) is 8.42 Å². The van der Waals surface area contributed by atoms with Gasteiger partial charge < -0.3 is 0 Å².